The maximum absolute atomic E-state index is 12.7. The van der Waals surface area contributed by atoms with E-state index in [2.05, 4.69) is 30.2 Å². The highest BCUT2D eigenvalue weighted by Gasteiger charge is 2.13. The lowest BCUT2D eigenvalue weighted by Gasteiger charge is -2.18. The molecule has 1 aromatic heterocycles. The molecule has 4 nitrogen and oxygen atoms in total. The summed E-state index contributed by atoms with van der Waals surface area (Å²) in [6.07, 6.45) is 3.34. The van der Waals surface area contributed by atoms with E-state index in [4.69, 9.17) is 0 Å². The Morgan fingerprint density at radius 2 is 1.81 bits per heavy atom. The van der Waals surface area contributed by atoms with E-state index in [9.17, 15) is 4.79 Å². The Kier molecular flexibility index (Phi) is 5.32. The molecule has 0 unspecified atom stereocenters. The van der Waals surface area contributed by atoms with Gasteiger partial charge < -0.3 is 10.2 Å². The van der Waals surface area contributed by atoms with Gasteiger partial charge in [-0.2, -0.15) is 0 Å². The molecule has 0 spiro atoms. The van der Waals surface area contributed by atoms with Crippen LogP contribution in [0.2, 0.25) is 0 Å². The molecule has 0 aliphatic heterocycles. The zero-order chi connectivity index (χ0) is 18.5. The number of rotatable bonds is 5. The number of aryl methyl sites for hydroxylation is 1. The summed E-state index contributed by atoms with van der Waals surface area (Å²) >= 11 is 0. The lowest BCUT2D eigenvalue weighted by Crippen LogP contribution is -2.26. The number of nitrogens with one attached hydrogen (secondary N) is 1. The van der Waals surface area contributed by atoms with Crippen molar-refractivity contribution in [3.63, 3.8) is 0 Å². The summed E-state index contributed by atoms with van der Waals surface area (Å²) in [6, 6.07) is 17.9. The van der Waals surface area contributed by atoms with Crippen molar-refractivity contribution in [3.05, 3.63) is 89.2 Å². The maximum atomic E-state index is 12.7. The number of anilines is 2. The summed E-state index contributed by atoms with van der Waals surface area (Å²) in [5.74, 6) is -0.0500. The van der Waals surface area contributed by atoms with Gasteiger partial charge in [-0.25, -0.2) is 0 Å². The average molecular weight is 345 g/mol. The molecular formula is C22H23N3O. The van der Waals surface area contributed by atoms with Crippen molar-refractivity contribution in [2.45, 2.75) is 20.4 Å². The Bertz CT molecular complexity index is 906. The molecular weight excluding hydrogens is 322 g/mol. The summed E-state index contributed by atoms with van der Waals surface area (Å²) < 4.78 is 0. The number of hydrogen-bond acceptors (Lipinski definition) is 3. The molecule has 0 fully saturated rings. The molecule has 2 aromatic carbocycles. The zero-order valence-electron chi connectivity index (χ0n) is 15.4. The van der Waals surface area contributed by atoms with Crippen LogP contribution in [0.25, 0.3) is 0 Å². The lowest BCUT2D eigenvalue weighted by molar-refractivity contribution is 0.0784. The second-order valence-corrected chi connectivity index (χ2v) is 6.48. The SMILES string of the molecule is Cc1cccc(Nc2cncc(C(=O)N(C)Cc3ccccc3)c2)c1C. The zero-order valence-corrected chi connectivity index (χ0v) is 15.4. The van der Waals surface area contributed by atoms with Gasteiger partial charge in [0.05, 0.1) is 17.4 Å². The van der Waals surface area contributed by atoms with Gasteiger partial charge in [-0.1, -0.05) is 42.5 Å². The minimum atomic E-state index is -0.0500. The van der Waals surface area contributed by atoms with Crippen LogP contribution < -0.4 is 5.32 Å². The molecule has 3 rings (SSSR count). The summed E-state index contributed by atoms with van der Waals surface area (Å²) in [4.78, 5) is 18.7. The molecule has 4 heteroatoms. The smallest absolute Gasteiger partial charge is 0.255 e. The van der Waals surface area contributed by atoms with Gasteiger partial charge in [0.15, 0.2) is 0 Å². The Morgan fingerprint density at radius 3 is 2.58 bits per heavy atom. The number of carbonyl (C=O) groups excluding carboxylic acids is 1. The van der Waals surface area contributed by atoms with Gasteiger partial charge in [0.2, 0.25) is 0 Å². The molecule has 3 aromatic rings. The predicted octanol–water partition coefficient (Wildman–Crippen LogP) is 4.71. The van der Waals surface area contributed by atoms with E-state index in [1.807, 2.05) is 48.5 Å². The van der Waals surface area contributed by atoms with Gasteiger partial charge >= 0.3 is 0 Å². The first-order valence-corrected chi connectivity index (χ1v) is 8.62. The monoisotopic (exact) mass is 345 g/mol. The molecule has 1 amide bonds. The molecule has 1 heterocycles. The van der Waals surface area contributed by atoms with Crippen LogP contribution in [0.1, 0.15) is 27.0 Å². The molecule has 0 bridgehead atoms. The number of carbonyl (C=O) groups is 1. The highest BCUT2D eigenvalue weighted by atomic mass is 16.2. The summed E-state index contributed by atoms with van der Waals surface area (Å²) in [7, 11) is 1.81. The Morgan fingerprint density at radius 1 is 1.04 bits per heavy atom. The standard InChI is InChI=1S/C22H23N3O/c1-16-8-7-11-21(17(16)2)24-20-12-19(13-23-14-20)22(26)25(3)15-18-9-5-4-6-10-18/h4-14,24H,15H2,1-3H3. The molecule has 0 radical (unpaired) electrons. The van der Waals surface area contributed by atoms with Crippen molar-refractivity contribution in [2.24, 2.45) is 0 Å². The second kappa shape index (κ2) is 7.83. The fourth-order valence-corrected chi connectivity index (χ4v) is 2.82. The summed E-state index contributed by atoms with van der Waals surface area (Å²) in [6.45, 7) is 4.72. The average Bonchev–Trinajstić information content (AvgIpc) is 2.66. The van der Waals surface area contributed by atoms with Crippen molar-refractivity contribution in [3.8, 4) is 0 Å². The molecule has 0 saturated heterocycles. The third kappa shape index (κ3) is 4.09. The van der Waals surface area contributed by atoms with Gasteiger partial charge in [-0.3, -0.25) is 9.78 Å². The van der Waals surface area contributed by atoms with Gasteiger partial charge in [-0.05, 0) is 42.7 Å². The minimum Gasteiger partial charge on any atom is -0.354 e. The van der Waals surface area contributed by atoms with Crippen molar-refractivity contribution in [1.82, 2.24) is 9.88 Å². The second-order valence-electron chi connectivity index (χ2n) is 6.48. The molecule has 0 atom stereocenters. The van der Waals surface area contributed by atoms with Gasteiger partial charge in [0.1, 0.15) is 0 Å². The van der Waals surface area contributed by atoms with Gasteiger partial charge in [0.25, 0.3) is 5.91 Å². The first-order chi connectivity index (χ1) is 12.5. The van der Waals surface area contributed by atoms with Gasteiger partial charge in [0, 0.05) is 25.5 Å². The van der Waals surface area contributed by atoms with Crippen LogP contribution >= 0.6 is 0 Å². The van der Waals surface area contributed by atoms with Crippen molar-refractivity contribution in [2.75, 3.05) is 12.4 Å². The Hall–Kier alpha value is -3.14. The Balaban J connectivity index is 1.76. The molecule has 0 aliphatic rings. The molecule has 0 aliphatic carbocycles. The van der Waals surface area contributed by atoms with Crippen LogP contribution in [0.3, 0.4) is 0 Å². The number of nitrogens with zero attached hydrogens (tertiary/aromatic N) is 2. The highest BCUT2D eigenvalue weighted by molar-refractivity contribution is 5.94. The third-order valence-corrected chi connectivity index (χ3v) is 4.48. The van der Waals surface area contributed by atoms with E-state index < -0.39 is 0 Å². The molecule has 132 valence electrons. The third-order valence-electron chi connectivity index (χ3n) is 4.48. The number of aromatic nitrogens is 1. The quantitative estimate of drug-likeness (QED) is 0.728. The Labute approximate surface area is 154 Å². The minimum absolute atomic E-state index is 0.0500. The van der Waals surface area contributed by atoms with Crippen LogP contribution in [-0.2, 0) is 6.54 Å². The van der Waals surface area contributed by atoms with Crippen LogP contribution in [0.15, 0.2) is 67.0 Å². The molecule has 0 saturated carbocycles. The van der Waals surface area contributed by atoms with E-state index in [0.29, 0.717) is 12.1 Å². The van der Waals surface area contributed by atoms with E-state index in [-0.39, 0.29) is 5.91 Å². The van der Waals surface area contributed by atoms with Crippen molar-refractivity contribution >= 4 is 17.3 Å². The van der Waals surface area contributed by atoms with Crippen LogP contribution in [0.5, 0.6) is 0 Å². The summed E-state index contributed by atoms with van der Waals surface area (Å²) in [5, 5.41) is 3.36. The van der Waals surface area contributed by atoms with Crippen molar-refractivity contribution in [1.29, 1.82) is 0 Å². The van der Waals surface area contributed by atoms with E-state index in [0.717, 1.165) is 16.9 Å². The topological polar surface area (TPSA) is 45.2 Å². The number of amides is 1. The molecule has 1 N–H and O–H groups in total. The maximum Gasteiger partial charge on any atom is 0.255 e. The van der Waals surface area contributed by atoms with Gasteiger partial charge in [-0.15, -0.1) is 0 Å². The van der Waals surface area contributed by atoms with Crippen LogP contribution in [0, 0.1) is 13.8 Å². The van der Waals surface area contributed by atoms with E-state index in [1.165, 1.54) is 11.1 Å². The number of pyridine rings is 1. The van der Waals surface area contributed by atoms with Crippen LogP contribution in [-0.4, -0.2) is 22.8 Å². The summed E-state index contributed by atoms with van der Waals surface area (Å²) in [5.41, 5.74) is 5.90. The van der Waals surface area contributed by atoms with Crippen molar-refractivity contribution < 1.29 is 4.79 Å². The highest BCUT2D eigenvalue weighted by Crippen LogP contribution is 2.23. The first-order valence-electron chi connectivity index (χ1n) is 8.62. The number of hydrogen-bond donors (Lipinski definition) is 1. The largest absolute Gasteiger partial charge is 0.354 e. The molecule has 26 heavy (non-hydrogen) atoms. The first kappa shape index (κ1) is 17.7. The predicted molar refractivity (Wildman–Crippen MR) is 106 cm³/mol. The van der Waals surface area contributed by atoms with E-state index in [1.54, 1.807) is 24.3 Å². The lowest BCUT2D eigenvalue weighted by atomic mass is 10.1. The normalized spacial score (nSPS) is 10.4. The number of benzene rings is 2. The van der Waals surface area contributed by atoms with E-state index >= 15 is 0 Å². The fraction of sp³-hybridized carbons (Fsp3) is 0.182. The van der Waals surface area contributed by atoms with Crippen LogP contribution in [0.4, 0.5) is 11.4 Å². The fourth-order valence-electron chi connectivity index (χ4n) is 2.82.